The predicted molar refractivity (Wildman–Crippen MR) is 67.1 cm³/mol. The largest absolute Gasteiger partial charge is 0.304 e. The first-order valence-corrected chi connectivity index (χ1v) is 6.01. The molecule has 0 fully saturated rings. The zero-order chi connectivity index (χ0) is 12.5. The van der Waals surface area contributed by atoms with E-state index in [9.17, 15) is 4.39 Å². The molecule has 4 heteroatoms. The highest BCUT2D eigenvalue weighted by atomic mass is 32.1. The highest BCUT2D eigenvalue weighted by molar-refractivity contribution is 7.13. The van der Waals surface area contributed by atoms with Gasteiger partial charge < -0.3 is 4.85 Å². The zero-order valence-corrected chi connectivity index (χ0v) is 10.4. The fraction of sp³-hybridized carbons (Fsp3) is 0.231. The van der Waals surface area contributed by atoms with Crippen LogP contribution in [0, 0.1) is 12.4 Å². The van der Waals surface area contributed by atoms with E-state index in [0.29, 0.717) is 0 Å². The SMILES string of the molecule is [C-]#[N+]C(C)(C)c1csc(-c2ccc(F)cc2)n1. The Kier molecular flexibility index (Phi) is 2.95. The van der Waals surface area contributed by atoms with E-state index in [1.807, 2.05) is 19.2 Å². The van der Waals surface area contributed by atoms with Gasteiger partial charge in [0.2, 0.25) is 0 Å². The Hall–Kier alpha value is -1.73. The number of benzene rings is 1. The molecule has 0 aliphatic rings. The molecule has 0 saturated heterocycles. The van der Waals surface area contributed by atoms with Crippen LogP contribution in [0.2, 0.25) is 0 Å². The van der Waals surface area contributed by atoms with Gasteiger partial charge in [-0.1, -0.05) is 0 Å². The van der Waals surface area contributed by atoms with Crippen LogP contribution >= 0.6 is 11.3 Å². The Morgan fingerprint density at radius 1 is 1.29 bits per heavy atom. The molecule has 1 heterocycles. The molecule has 1 aromatic carbocycles. The van der Waals surface area contributed by atoms with Gasteiger partial charge in [-0.3, -0.25) is 0 Å². The molecular weight excluding hydrogens is 235 g/mol. The summed E-state index contributed by atoms with van der Waals surface area (Å²) in [5.74, 6) is -0.257. The smallest absolute Gasteiger partial charge is 0.269 e. The topological polar surface area (TPSA) is 17.2 Å². The molecule has 17 heavy (non-hydrogen) atoms. The molecule has 2 aromatic rings. The number of hydrogen-bond donors (Lipinski definition) is 0. The highest BCUT2D eigenvalue weighted by Gasteiger charge is 2.29. The fourth-order valence-electron chi connectivity index (χ4n) is 1.34. The van der Waals surface area contributed by atoms with Gasteiger partial charge in [0.1, 0.15) is 16.5 Å². The van der Waals surface area contributed by atoms with E-state index >= 15 is 0 Å². The van der Waals surface area contributed by atoms with Gasteiger partial charge in [-0.05, 0) is 24.3 Å². The predicted octanol–water partition coefficient (Wildman–Crippen LogP) is 4.10. The maximum atomic E-state index is 12.8. The van der Waals surface area contributed by atoms with Crippen LogP contribution < -0.4 is 0 Å². The summed E-state index contributed by atoms with van der Waals surface area (Å²) in [5, 5.41) is 2.70. The third-order valence-electron chi connectivity index (χ3n) is 2.50. The normalized spacial score (nSPS) is 11.2. The first-order valence-electron chi connectivity index (χ1n) is 5.13. The van der Waals surface area contributed by atoms with Crippen LogP contribution in [0.5, 0.6) is 0 Å². The summed E-state index contributed by atoms with van der Waals surface area (Å²) < 4.78 is 12.8. The number of hydrogen-bond acceptors (Lipinski definition) is 2. The van der Waals surface area contributed by atoms with Crippen LogP contribution in [0.15, 0.2) is 29.6 Å². The molecule has 0 bridgehead atoms. The average molecular weight is 246 g/mol. The van der Waals surface area contributed by atoms with Gasteiger partial charge >= 0.3 is 0 Å². The van der Waals surface area contributed by atoms with Crippen molar-refractivity contribution in [1.29, 1.82) is 0 Å². The lowest BCUT2D eigenvalue weighted by atomic mass is 10.0. The molecule has 0 spiro atoms. The van der Waals surface area contributed by atoms with E-state index in [-0.39, 0.29) is 5.82 Å². The highest BCUT2D eigenvalue weighted by Crippen LogP contribution is 2.30. The standard InChI is InChI=1S/C13H11FN2S/c1-13(2,15-3)11-8-17-12(16-11)9-4-6-10(14)7-5-9/h4-8H,1-2H3. The summed E-state index contributed by atoms with van der Waals surface area (Å²) in [4.78, 5) is 7.98. The molecule has 0 saturated carbocycles. The van der Waals surface area contributed by atoms with Gasteiger partial charge in [0.15, 0.2) is 0 Å². The zero-order valence-electron chi connectivity index (χ0n) is 9.57. The summed E-state index contributed by atoms with van der Waals surface area (Å²) >= 11 is 1.47. The molecule has 2 nitrogen and oxygen atoms in total. The van der Waals surface area contributed by atoms with Crippen molar-refractivity contribution in [2.75, 3.05) is 0 Å². The molecule has 0 N–H and O–H groups in total. The average Bonchev–Trinajstić information content (AvgIpc) is 2.80. The Bertz CT molecular complexity index is 564. The minimum Gasteiger partial charge on any atom is -0.304 e. The van der Waals surface area contributed by atoms with E-state index in [1.54, 1.807) is 12.1 Å². The first kappa shape index (κ1) is 11.7. The molecule has 0 radical (unpaired) electrons. The molecule has 0 amide bonds. The molecule has 0 atom stereocenters. The van der Waals surface area contributed by atoms with Crippen molar-refractivity contribution in [3.05, 3.63) is 52.6 Å². The number of aromatic nitrogens is 1. The number of rotatable bonds is 2. The Morgan fingerprint density at radius 2 is 1.94 bits per heavy atom. The van der Waals surface area contributed by atoms with Gasteiger partial charge in [-0.25, -0.2) is 15.9 Å². The monoisotopic (exact) mass is 246 g/mol. The van der Waals surface area contributed by atoms with E-state index in [1.165, 1.54) is 23.5 Å². The molecule has 1 aromatic heterocycles. The van der Waals surface area contributed by atoms with Crippen molar-refractivity contribution in [1.82, 2.24) is 4.98 Å². The summed E-state index contributed by atoms with van der Waals surface area (Å²) in [5.41, 5.74) is 1.04. The second kappa shape index (κ2) is 4.27. The van der Waals surface area contributed by atoms with E-state index in [0.717, 1.165) is 16.3 Å². The molecule has 0 aliphatic carbocycles. The van der Waals surface area contributed by atoms with Crippen LogP contribution in [-0.4, -0.2) is 4.98 Å². The van der Waals surface area contributed by atoms with E-state index in [4.69, 9.17) is 6.57 Å². The van der Waals surface area contributed by atoms with Crippen molar-refractivity contribution in [2.45, 2.75) is 19.4 Å². The number of halogens is 1. The number of nitrogens with zero attached hydrogens (tertiary/aromatic N) is 2. The van der Waals surface area contributed by atoms with Crippen molar-refractivity contribution < 1.29 is 4.39 Å². The van der Waals surface area contributed by atoms with Crippen LogP contribution in [0.25, 0.3) is 15.4 Å². The quantitative estimate of drug-likeness (QED) is 0.729. The van der Waals surface area contributed by atoms with Crippen molar-refractivity contribution in [3.8, 4) is 10.6 Å². The van der Waals surface area contributed by atoms with Gasteiger partial charge in [0, 0.05) is 24.8 Å². The molecular formula is C13H11FN2S. The van der Waals surface area contributed by atoms with Crippen LogP contribution in [-0.2, 0) is 5.54 Å². The Balaban J connectivity index is 2.37. The fourth-order valence-corrected chi connectivity index (χ4v) is 2.32. The van der Waals surface area contributed by atoms with Crippen LogP contribution in [0.3, 0.4) is 0 Å². The third-order valence-corrected chi connectivity index (χ3v) is 3.39. The Morgan fingerprint density at radius 3 is 2.53 bits per heavy atom. The van der Waals surface area contributed by atoms with E-state index < -0.39 is 5.54 Å². The second-order valence-corrected chi connectivity index (χ2v) is 5.07. The van der Waals surface area contributed by atoms with Crippen molar-refractivity contribution in [3.63, 3.8) is 0 Å². The molecule has 86 valence electrons. The second-order valence-electron chi connectivity index (χ2n) is 4.22. The lowest BCUT2D eigenvalue weighted by Gasteiger charge is -2.06. The maximum Gasteiger partial charge on any atom is 0.269 e. The molecule has 2 rings (SSSR count). The van der Waals surface area contributed by atoms with Crippen molar-refractivity contribution >= 4 is 11.3 Å². The third kappa shape index (κ3) is 2.34. The molecule has 0 aliphatic heterocycles. The summed E-state index contributed by atoms with van der Waals surface area (Å²) in [7, 11) is 0. The first-order chi connectivity index (χ1) is 8.03. The van der Waals surface area contributed by atoms with Gasteiger partial charge in [-0.15, -0.1) is 11.3 Å². The van der Waals surface area contributed by atoms with E-state index in [2.05, 4.69) is 9.83 Å². The van der Waals surface area contributed by atoms with Gasteiger partial charge in [-0.2, -0.15) is 0 Å². The minimum absolute atomic E-state index is 0.257. The minimum atomic E-state index is -0.602. The van der Waals surface area contributed by atoms with Crippen LogP contribution in [0.4, 0.5) is 4.39 Å². The lowest BCUT2D eigenvalue weighted by Crippen LogP contribution is -2.11. The summed E-state index contributed by atoms with van der Waals surface area (Å²) in [6, 6.07) is 6.22. The number of thiazole rings is 1. The van der Waals surface area contributed by atoms with Crippen LogP contribution in [0.1, 0.15) is 19.5 Å². The summed E-state index contributed by atoms with van der Waals surface area (Å²) in [6.07, 6.45) is 0. The maximum absolute atomic E-state index is 12.8. The molecule has 0 unspecified atom stereocenters. The Labute approximate surface area is 104 Å². The van der Waals surface area contributed by atoms with Gasteiger partial charge in [0.25, 0.3) is 5.54 Å². The summed E-state index contributed by atoms with van der Waals surface area (Å²) in [6.45, 7) is 10.8. The van der Waals surface area contributed by atoms with Crippen molar-refractivity contribution in [2.24, 2.45) is 0 Å². The van der Waals surface area contributed by atoms with Gasteiger partial charge in [0.05, 0.1) is 0 Å². The lowest BCUT2D eigenvalue weighted by molar-refractivity contribution is 0.628.